The van der Waals surface area contributed by atoms with Crippen LogP contribution in [0.3, 0.4) is 0 Å². The van der Waals surface area contributed by atoms with Gasteiger partial charge in [-0.05, 0) is 12.8 Å². The Hall–Kier alpha value is -2.38. The predicted octanol–water partition coefficient (Wildman–Crippen LogP) is 0.812. The molecule has 0 saturated carbocycles. The zero-order valence-electron chi connectivity index (χ0n) is 13.7. The van der Waals surface area contributed by atoms with Crippen molar-refractivity contribution >= 4 is 17.1 Å². The van der Waals surface area contributed by atoms with Crippen molar-refractivity contribution in [1.82, 2.24) is 19.1 Å². The second-order valence-corrected chi connectivity index (χ2v) is 5.35. The maximum atomic E-state index is 12.5. The summed E-state index contributed by atoms with van der Waals surface area (Å²) in [6.45, 7) is 4.72. The van der Waals surface area contributed by atoms with Crippen LogP contribution in [0.5, 0.6) is 0 Å². The maximum Gasteiger partial charge on any atom is 0.332 e. The molecule has 2 aromatic rings. The van der Waals surface area contributed by atoms with Gasteiger partial charge < -0.3 is 9.72 Å². The van der Waals surface area contributed by atoms with Gasteiger partial charge >= 0.3 is 11.7 Å². The molecule has 2 aromatic heterocycles. The quantitative estimate of drug-likeness (QED) is 0.761. The fourth-order valence-electron chi connectivity index (χ4n) is 2.50. The first kappa shape index (κ1) is 17.0. The summed E-state index contributed by atoms with van der Waals surface area (Å²) in [5, 5.41) is 0. The fraction of sp³-hybridized carbons (Fsp3) is 0.600. The second-order valence-electron chi connectivity index (χ2n) is 5.35. The number of hydrogen-bond donors (Lipinski definition) is 1. The van der Waals surface area contributed by atoms with Gasteiger partial charge in [-0.2, -0.15) is 0 Å². The highest BCUT2D eigenvalue weighted by Crippen LogP contribution is 2.08. The molecule has 0 radical (unpaired) electrons. The second kappa shape index (κ2) is 7.26. The van der Waals surface area contributed by atoms with Gasteiger partial charge in [-0.1, -0.05) is 13.8 Å². The number of nitrogens with one attached hydrogen (secondary N) is 1. The number of rotatable bonds is 7. The van der Waals surface area contributed by atoms with Crippen LogP contribution in [0, 0.1) is 0 Å². The molecule has 0 amide bonds. The molecule has 0 saturated heterocycles. The third-order valence-corrected chi connectivity index (χ3v) is 3.60. The van der Waals surface area contributed by atoms with Crippen LogP contribution in [0.25, 0.3) is 11.2 Å². The summed E-state index contributed by atoms with van der Waals surface area (Å²) in [4.78, 5) is 43.5. The van der Waals surface area contributed by atoms with E-state index in [1.165, 1.54) is 16.2 Å². The van der Waals surface area contributed by atoms with Crippen LogP contribution in [0.4, 0.5) is 0 Å². The molecule has 1 N–H and O–H groups in total. The zero-order chi connectivity index (χ0) is 17.0. The van der Waals surface area contributed by atoms with Crippen molar-refractivity contribution in [3.63, 3.8) is 0 Å². The lowest BCUT2D eigenvalue weighted by Crippen LogP contribution is -2.40. The summed E-state index contributed by atoms with van der Waals surface area (Å²) in [5.74, 6) is 0.154. The molecule has 0 aliphatic heterocycles. The van der Waals surface area contributed by atoms with E-state index in [4.69, 9.17) is 0 Å². The summed E-state index contributed by atoms with van der Waals surface area (Å²) >= 11 is 0. The van der Waals surface area contributed by atoms with Gasteiger partial charge in [-0.15, -0.1) is 0 Å². The largest absolute Gasteiger partial charge is 0.469 e. The zero-order valence-corrected chi connectivity index (χ0v) is 13.7. The van der Waals surface area contributed by atoms with E-state index in [-0.39, 0.29) is 23.6 Å². The topological polar surface area (TPSA) is 99.0 Å². The van der Waals surface area contributed by atoms with Gasteiger partial charge in [-0.3, -0.25) is 18.7 Å². The SMILES string of the molecule is CCCn1c(=O)c2[nH]c(CCC(=O)OC)nc2n(CCC)c1=O. The first-order chi connectivity index (χ1) is 11.0. The van der Waals surface area contributed by atoms with Crippen molar-refractivity contribution in [2.24, 2.45) is 0 Å². The highest BCUT2D eigenvalue weighted by atomic mass is 16.5. The molecule has 0 bridgehead atoms. The molecule has 8 nitrogen and oxygen atoms in total. The van der Waals surface area contributed by atoms with Gasteiger partial charge in [0.25, 0.3) is 5.56 Å². The number of aromatic amines is 1. The van der Waals surface area contributed by atoms with E-state index in [0.717, 1.165) is 6.42 Å². The summed E-state index contributed by atoms with van der Waals surface area (Å²) < 4.78 is 7.36. The van der Waals surface area contributed by atoms with E-state index in [1.54, 1.807) is 0 Å². The van der Waals surface area contributed by atoms with Gasteiger partial charge in [0.2, 0.25) is 0 Å². The smallest absolute Gasteiger partial charge is 0.332 e. The Morgan fingerprint density at radius 3 is 2.43 bits per heavy atom. The Balaban J connectivity index is 2.56. The number of hydrogen-bond acceptors (Lipinski definition) is 5. The summed E-state index contributed by atoms with van der Waals surface area (Å²) in [6.07, 6.45) is 1.94. The number of aryl methyl sites for hydroxylation is 2. The number of ether oxygens (including phenoxy) is 1. The first-order valence-corrected chi connectivity index (χ1v) is 7.82. The molecule has 0 fully saturated rings. The van der Waals surface area contributed by atoms with Gasteiger partial charge in [-0.25, -0.2) is 9.78 Å². The van der Waals surface area contributed by atoms with Gasteiger partial charge in [0.15, 0.2) is 5.65 Å². The van der Waals surface area contributed by atoms with E-state index < -0.39 is 0 Å². The van der Waals surface area contributed by atoms with Crippen molar-refractivity contribution in [3.05, 3.63) is 26.7 Å². The molecule has 0 aliphatic carbocycles. The number of esters is 1. The van der Waals surface area contributed by atoms with Crippen LogP contribution in [0.15, 0.2) is 9.59 Å². The summed E-state index contributed by atoms with van der Waals surface area (Å²) in [6, 6.07) is 0. The number of fused-ring (bicyclic) bond motifs is 1. The van der Waals surface area contributed by atoms with Gasteiger partial charge in [0.05, 0.1) is 13.5 Å². The minimum atomic E-state index is -0.365. The molecule has 0 aliphatic rings. The Morgan fingerprint density at radius 2 is 1.83 bits per heavy atom. The molecule has 0 aromatic carbocycles. The van der Waals surface area contributed by atoms with Gasteiger partial charge in [0.1, 0.15) is 11.3 Å². The molecular weight excluding hydrogens is 300 g/mol. The van der Waals surface area contributed by atoms with Crippen molar-refractivity contribution in [2.75, 3.05) is 7.11 Å². The average molecular weight is 322 g/mol. The molecule has 126 valence electrons. The van der Waals surface area contributed by atoms with Crippen molar-refractivity contribution in [1.29, 1.82) is 0 Å². The van der Waals surface area contributed by atoms with Crippen LogP contribution in [0.1, 0.15) is 38.9 Å². The Labute approximate surface area is 133 Å². The number of aromatic nitrogens is 4. The standard InChI is InChI=1S/C15H22N4O4/c1-4-8-18-13-12(14(21)19(9-5-2)15(18)22)16-10(17-13)6-7-11(20)23-3/h4-9H2,1-3H3,(H,16,17). The highest BCUT2D eigenvalue weighted by molar-refractivity contribution is 5.71. The van der Waals surface area contributed by atoms with Crippen LogP contribution >= 0.6 is 0 Å². The molecule has 0 spiro atoms. The van der Waals surface area contributed by atoms with Crippen molar-refractivity contribution in [2.45, 2.75) is 52.6 Å². The number of nitrogens with zero attached hydrogens (tertiary/aromatic N) is 3. The number of H-pyrrole nitrogens is 1. The Kier molecular flexibility index (Phi) is 5.36. The third-order valence-electron chi connectivity index (χ3n) is 3.60. The van der Waals surface area contributed by atoms with Crippen LogP contribution < -0.4 is 11.2 Å². The van der Waals surface area contributed by atoms with Gasteiger partial charge in [0, 0.05) is 19.5 Å². The van der Waals surface area contributed by atoms with Crippen molar-refractivity contribution < 1.29 is 9.53 Å². The Morgan fingerprint density at radius 1 is 1.17 bits per heavy atom. The monoisotopic (exact) mass is 322 g/mol. The molecule has 2 heterocycles. The summed E-state index contributed by atoms with van der Waals surface area (Å²) in [5.41, 5.74) is -0.0336. The molecule has 2 rings (SSSR count). The minimum absolute atomic E-state index is 0.164. The van der Waals surface area contributed by atoms with E-state index in [9.17, 15) is 14.4 Å². The van der Waals surface area contributed by atoms with E-state index in [2.05, 4.69) is 14.7 Å². The highest BCUT2D eigenvalue weighted by Gasteiger charge is 2.17. The van der Waals surface area contributed by atoms with Crippen LogP contribution in [-0.2, 0) is 29.0 Å². The lowest BCUT2D eigenvalue weighted by molar-refractivity contribution is -0.140. The predicted molar refractivity (Wildman–Crippen MR) is 85.5 cm³/mol. The maximum absolute atomic E-state index is 12.5. The van der Waals surface area contributed by atoms with E-state index in [0.29, 0.717) is 42.9 Å². The number of methoxy groups -OCH3 is 1. The molecule has 0 atom stereocenters. The lowest BCUT2D eigenvalue weighted by Gasteiger charge is -2.09. The normalized spacial score (nSPS) is 11.1. The third kappa shape index (κ3) is 3.35. The number of carbonyl (C=O) groups excluding carboxylic acids is 1. The molecule has 23 heavy (non-hydrogen) atoms. The van der Waals surface area contributed by atoms with Crippen LogP contribution in [-0.4, -0.2) is 32.2 Å². The number of carbonyl (C=O) groups is 1. The summed E-state index contributed by atoms with van der Waals surface area (Å²) in [7, 11) is 1.32. The molecular formula is C15H22N4O4. The van der Waals surface area contributed by atoms with Crippen molar-refractivity contribution in [3.8, 4) is 0 Å². The van der Waals surface area contributed by atoms with Crippen LogP contribution in [0.2, 0.25) is 0 Å². The van der Waals surface area contributed by atoms with E-state index in [1.807, 2.05) is 13.8 Å². The lowest BCUT2D eigenvalue weighted by atomic mass is 10.3. The first-order valence-electron chi connectivity index (χ1n) is 7.82. The molecule has 0 unspecified atom stereocenters. The minimum Gasteiger partial charge on any atom is -0.469 e. The molecule has 8 heteroatoms. The number of imidazole rings is 1. The average Bonchev–Trinajstić information content (AvgIpc) is 2.97. The Bertz CT molecular complexity index is 815. The van der Waals surface area contributed by atoms with E-state index >= 15 is 0 Å². The fourth-order valence-corrected chi connectivity index (χ4v) is 2.50.